The van der Waals surface area contributed by atoms with E-state index in [1.54, 1.807) is 16.7 Å². The molecule has 4 rings (SSSR count). The molecule has 2 fully saturated rings. The van der Waals surface area contributed by atoms with E-state index in [1.807, 2.05) is 0 Å². The molecular weight excluding hydrogens is 252 g/mol. The zero-order chi connectivity index (χ0) is 14.6. The Morgan fingerprint density at radius 1 is 1.00 bits per heavy atom. The highest BCUT2D eigenvalue weighted by atomic mass is 14.5. The van der Waals surface area contributed by atoms with Crippen molar-refractivity contribution in [1.29, 1.82) is 0 Å². The highest BCUT2D eigenvalue weighted by molar-refractivity contribution is 5.44. The molecule has 0 aliphatic heterocycles. The van der Waals surface area contributed by atoms with Crippen LogP contribution in [-0.4, -0.2) is 0 Å². The van der Waals surface area contributed by atoms with E-state index in [-0.39, 0.29) is 0 Å². The molecule has 0 nitrogen and oxygen atoms in total. The van der Waals surface area contributed by atoms with Crippen LogP contribution >= 0.6 is 0 Å². The molecule has 3 aliphatic carbocycles. The summed E-state index contributed by atoms with van der Waals surface area (Å²) in [5, 5.41) is 0. The molecule has 114 valence electrons. The standard InChI is InChI=1S/C21H30/c1-14-7-9-18-17(15(14)2)11-12-20-19(18)10-8-16-6-4-5-13-21(16,20)3/h7,9,16,19-20H,4-6,8,10-13H2,1-3H3/t16-,19+,20+,21+/m1/s1. The molecule has 0 aromatic heterocycles. The smallest absolute Gasteiger partial charge is 0.0125 e. The minimum Gasteiger partial charge on any atom is -0.0591 e. The molecule has 2 saturated carbocycles. The van der Waals surface area contributed by atoms with E-state index in [0.717, 1.165) is 17.8 Å². The molecule has 0 amide bonds. The van der Waals surface area contributed by atoms with Gasteiger partial charge in [0.1, 0.15) is 0 Å². The Morgan fingerprint density at radius 3 is 2.71 bits per heavy atom. The number of benzene rings is 1. The number of hydrogen-bond acceptors (Lipinski definition) is 0. The van der Waals surface area contributed by atoms with Gasteiger partial charge in [-0.3, -0.25) is 0 Å². The normalized spacial score (nSPS) is 38.3. The van der Waals surface area contributed by atoms with Crippen molar-refractivity contribution in [3.8, 4) is 0 Å². The number of aryl methyl sites for hydroxylation is 1. The fraction of sp³-hybridized carbons (Fsp3) is 0.714. The number of hydrogen-bond donors (Lipinski definition) is 0. The van der Waals surface area contributed by atoms with Gasteiger partial charge < -0.3 is 0 Å². The second-order valence-electron chi connectivity index (χ2n) is 8.35. The summed E-state index contributed by atoms with van der Waals surface area (Å²) < 4.78 is 0. The Labute approximate surface area is 130 Å². The maximum absolute atomic E-state index is 2.65. The third kappa shape index (κ3) is 1.94. The van der Waals surface area contributed by atoms with Crippen LogP contribution in [0, 0.1) is 31.1 Å². The second-order valence-corrected chi connectivity index (χ2v) is 8.35. The van der Waals surface area contributed by atoms with Crippen LogP contribution in [0.3, 0.4) is 0 Å². The molecule has 0 saturated heterocycles. The molecule has 0 unspecified atom stereocenters. The lowest BCUT2D eigenvalue weighted by molar-refractivity contribution is -0.0204. The van der Waals surface area contributed by atoms with E-state index < -0.39 is 0 Å². The zero-order valence-electron chi connectivity index (χ0n) is 14.0. The van der Waals surface area contributed by atoms with Crippen molar-refractivity contribution in [2.45, 2.75) is 78.1 Å². The first kappa shape index (κ1) is 13.9. The Kier molecular flexibility index (Phi) is 3.21. The van der Waals surface area contributed by atoms with Crippen molar-refractivity contribution in [2.24, 2.45) is 17.3 Å². The maximum Gasteiger partial charge on any atom is -0.0125 e. The molecule has 0 N–H and O–H groups in total. The van der Waals surface area contributed by atoms with Gasteiger partial charge >= 0.3 is 0 Å². The summed E-state index contributed by atoms with van der Waals surface area (Å²) in [6.07, 6.45) is 11.7. The Balaban J connectivity index is 1.75. The molecule has 0 heteroatoms. The Morgan fingerprint density at radius 2 is 1.86 bits per heavy atom. The predicted octanol–water partition coefficient (Wildman–Crippen LogP) is 5.94. The molecule has 0 bridgehead atoms. The van der Waals surface area contributed by atoms with Gasteiger partial charge in [-0.1, -0.05) is 31.9 Å². The van der Waals surface area contributed by atoms with E-state index in [4.69, 9.17) is 0 Å². The van der Waals surface area contributed by atoms with Gasteiger partial charge in [0.15, 0.2) is 0 Å². The van der Waals surface area contributed by atoms with Gasteiger partial charge in [-0.15, -0.1) is 0 Å². The predicted molar refractivity (Wildman–Crippen MR) is 89.8 cm³/mol. The van der Waals surface area contributed by atoms with Crippen LogP contribution in [0.2, 0.25) is 0 Å². The molecule has 0 spiro atoms. The van der Waals surface area contributed by atoms with E-state index >= 15 is 0 Å². The van der Waals surface area contributed by atoms with Crippen LogP contribution < -0.4 is 0 Å². The average molecular weight is 282 g/mol. The lowest BCUT2D eigenvalue weighted by Gasteiger charge is -2.56. The topological polar surface area (TPSA) is 0 Å². The van der Waals surface area contributed by atoms with Gasteiger partial charge in [0.25, 0.3) is 0 Å². The second kappa shape index (κ2) is 4.86. The first-order chi connectivity index (χ1) is 10.1. The molecule has 1 aromatic rings. The quantitative estimate of drug-likeness (QED) is 0.552. The first-order valence-electron chi connectivity index (χ1n) is 9.20. The van der Waals surface area contributed by atoms with Crippen LogP contribution in [0.1, 0.15) is 80.0 Å². The van der Waals surface area contributed by atoms with Crippen molar-refractivity contribution >= 4 is 0 Å². The molecule has 1 aromatic carbocycles. The van der Waals surface area contributed by atoms with Gasteiger partial charge in [-0.25, -0.2) is 0 Å². The van der Waals surface area contributed by atoms with Gasteiger partial charge in [-0.2, -0.15) is 0 Å². The summed E-state index contributed by atoms with van der Waals surface area (Å²) in [5.41, 5.74) is 7.18. The van der Waals surface area contributed by atoms with Gasteiger partial charge in [0.05, 0.1) is 0 Å². The minimum absolute atomic E-state index is 0.650. The lowest BCUT2D eigenvalue weighted by atomic mass is 9.49. The zero-order valence-corrected chi connectivity index (χ0v) is 14.0. The number of rotatable bonds is 0. The molecule has 0 radical (unpaired) electrons. The van der Waals surface area contributed by atoms with Crippen LogP contribution in [0.15, 0.2) is 12.1 Å². The minimum atomic E-state index is 0.650. The van der Waals surface area contributed by atoms with Crippen molar-refractivity contribution in [2.75, 3.05) is 0 Å². The van der Waals surface area contributed by atoms with E-state index in [1.165, 1.54) is 56.9 Å². The Hall–Kier alpha value is -0.780. The summed E-state index contributed by atoms with van der Waals surface area (Å²) in [4.78, 5) is 0. The van der Waals surface area contributed by atoms with Crippen LogP contribution in [0.5, 0.6) is 0 Å². The third-order valence-corrected chi connectivity index (χ3v) is 7.62. The van der Waals surface area contributed by atoms with Crippen LogP contribution in [0.25, 0.3) is 0 Å². The average Bonchev–Trinajstić information content (AvgIpc) is 2.50. The molecular formula is C21H30. The molecule has 4 atom stereocenters. The van der Waals surface area contributed by atoms with Crippen molar-refractivity contribution in [3.63, 3.8) is 0 Å². The number of fused-ring (bicyclic) bond motifs is 5. The summed E-state index contributed by atoms with van der Waals surface area (Å²) in [7, 11) is 0. The molecule has 3 aliphatic rings. The van der Waals surface area contributed by atoms with Crippen LogP contribution in [-0.2, 0) is 6.42 Å². The monoisotopic (exact) mass is 282 g/mol. The molecule has 21 heavy (non-hydrogen) atoms. The lowest BCUT2D eigenvalue weighted by Crippen LogP contribution is -2.46. The highest BCUT2D eigenvalue weighted by Crippen LogP contribution is 2.60. The summed E-state index contributed by atoms with van der Waals surface area (Å²) in [6, 6.07) is 4.87. The first-order valence-corrected chi connectivity index (χ1v) is 9.20. The van der Waals surface area contributed by atoms with E-state index in [9.17, 15) is 0 Å². The SMILES string of the molecule is Cc1ccc2c(c1C)CC[C@H]1[C@H]2CC[C@H]2CCCC[C@@]21C. The van der Waals surface area contributed by atoms with Gasteiger partial charge in [0.2, 0.25) is 0 Å². The van der Waals surface area contributed by atoms with Crippen LogP contribution in [0.4, 0.5) is 0 Å². The summed E-state index contributed by atoms with van der Waals surface area (Å²) in [6.45, 7) is 7.28. The van der Waals surface area contributed by atoms with Crippen molar-refractivity contribution < 1.29 is 0 Å². The third-order valence-electron chi connectivity index (χ3n) is 7.62. The summed E-state index contributed by atoms with van der Waals surface area (Å²) in [5.74, 6) is 2.86. The molecule has 0 heterocycles. The summed E-state index contributed by atoms with van der Waals surface area (Å²) >= 11 is 0. The van der Waals surface area contributed by atoms with Gasteiger partial charge in [-0.05, 0) is 97.8 Å². The van der Waals surface area contributed by atoms with Crippen molar-refractivity contribution in [1.82, 2.24) is 0 Å². The fourth-order valence-electron chi connectivity index (χ4n) is 6.21. The Bertz CT molecular complexity index is 555. The largest absolute Gasteiger partial charge is 0.0591 e. The highest BCUT2D eigenvalue weighted by Gasteiger charge is 2.50. The maximum atomic E-state index is 2.65. The van der Waals surface area contributed by atoms with Crippen molar-refractivity contribution in [3.05, 3.63) is 34.4 Å². The van der Waals surface area contributed by atoms with E-state index in [0.29, 0.717) is 5.41 Å². The fourth-order valence-corrected chi connectivity index (χ4v) is 6.21. The van der Waals surface area contributed by atoms with E-state index in [2.05, 4.69) is 32.9 Å². The van der Waals surface area contributed by atoms with Gasteiger partial charge in [0, 0.05) is 0 Å².